The second kappa shape index (κ2) is 7.38. The topological polar surface area (TPSA) is 61.0 Å². The molecular weight excluding hydrogens is 312 g/mol. The maximum atomic E-state index is 12.3. The standard InChI is InChI=1S/C20H24N4O/c1-4-14-6-5-7-17-16(13-23-19(14)17)9-11-22-20(25)15-8-10-21-18(12-15)24(2)3/h5-8,10,12-13,23H,4,9,11H2,1-3H3,(H,22,25). The van der Waals surface area contributed by atoms with Gasteiger partial charge in [0.15, 0.2) is 0 Å². The molecule has 1 amide bonds. The molecule has 0 saturated carbocycles. The van der Waals surface area contributed by atoms with Crippen molar-refractivity contribution in [1.29, 1.82) is 0 Å². The molecule has 0 unspecified atom stereocenters. The smallest absolute Gasteiger partial charge is 0.251 e. The van der Waals surface area contributed by atoms with E-state index in [0.717, 1.165) is 18.7 Å². The number of carbonyl (C=O) groups excluding carboxylic acids is 1. The van der Waals surface area contributed by atoms with Crippen molar-refractivity contribution < 1.29 is 4.79 Å². The summed E-state index contributed by atoms with van der Waals surface area (Å²) < 4.78 is 0. The number of amides is 1. The van der Waals surface area contributed by atoms with Crippen LogP contribution in [0, 0.1) is 0 Å². The van der Waals surface area contributed by atoms with Gasteiger partial charge in [-0.3, -0.25) is 4.79 Å². The zero-order valence-corrected chi connectivity index (χ0v) is 15.0. The van der Waals surface area contributed by atoms with Crippen LogP contribution >= 0.6 is 0 Å². The van der Waals surface area contributed by atoms with Crippen LogP contribution in [0.15, 0.2) is 42.7 Å². The Balaban J connectivity index is 1.65. The van der Waals surface area contributed by atoms with Gasteiger partial charge in [0, 0.05) is 49.5 Å². The van der Waals surface area contributed by atoms with Crippen LogP contribution < -0.4 is 10.2 Å². The number of hydrogen-bond donors (Lipinski definition) is 2. The van der Waals surface area contributed by atoms with Gasteiger partial charge in [0.2, 0.25) is 0 Å². The second-order valence-electron chi connectivity index (χ2n) is 6.31. The highest BCUT2D eigenvalue weighted by Crippen LogP contribution is 2.22. The number of carbonyl (C=O) groups is 1. The molecule has 0 aliphatic heterocycles. The van der Waals surface area contributed by atoms with Crippen molar-refractivity contribution in [3.63, 3.8) is 0 Å². The molecule has 130 valence electrons. The van der Waals surface area contributed by atoms with Gasteiger partial charge >= 0.3 is 0 Å². The van der Waals surface area contributed by atoms with Crippen molar-refractivity contribution in [3.05, 3.63) is 59.4 Å². The van der Waals surface area contributed by atoms with E-state index in [-0.39, 0.29) is 5.91 Å². The van der Waals surface area contributed by atoms with E-state index in [9.17, 15) is 4.79 Å². The van der Waals surface area contributed by atoms with Crippen molar-refractivity contribution in [3.8, 4) is 0 Å². The van der Waals surface area contributed by atoms with E-state index in [1.807, 2.05) is 25.2 Å². The average Bonchev–Trinajstić information content (AvgIpc) is 3.05. The Bertz CT molecular complexity index is 882. The van der Waals surface area contributed by atoms with E-state index in [0.29, 0.717) is 12.1 Å². The number of benzene rings is 1. The molecule has 2 N–H and O–H groups in total. The number of para-hydroxylation sites is 1. The molecule has 0 fully saturated rings. The maximum absolute atomic E-state index is 12.3. The van der Waals surface area contributed by atoms with Gasteiger partial charge in [-0.15, -0.1) is 0 Å². The predicted molar refractivity (Wildman–Crippen MR) is 102 cm³/mol. The van der Waals surface area contributed by atoms with Crippen molar-refractivity contribution in [2.45, 2.75) is 19.8 Å². The van der Waals surface area contributed by atoms with E-state index in [1.165, 1.54) is 22.0 Å². The molecule has 1 aromatic carbocycles. The summed E-state index contributed by atoms with van der Waals surface area (Å²) in [7, 11) is 3.82. The molecule has 0 spiro atoms. The van der Waals surface area contributed by atoms with Crippen molar-refractivity contribution in [1.82, 2.24) is 15.3 Å². The van der Waals surface area contributed by atoms with E-state index in [4.69, 9.17) is 0 Å². The summed E-state index contributed by atoms with van der Waals surface area (Å²) in [6.45, 7) is 2.76. The van der Waals surface area contributed by atoms with Gasteiger partial charge in [0.1, 0.15) is 5.82 Å². The molecule has 3 aromatic rings. The number of fused-ring (bicyclic) bond motifs is 1. The Labute approximate surface area is 148 Å². The number of pyridine rings is 1. The van der Waals surface area contributed by atoms with Gasteiger partial charge in [-0.2, -0.15) is 0 Å². The number of aromatic amines is 1. The van der Waals surface area contributed by atoms with Crippen LogP contribution in [0.4, 0.5) is 5.82 Å². The first kappa shape index (κ1) is 17.0. The first-order chi connectivity index (χ1) is 12.1. The quantitative estimate of drug-likeness (QED) is 0.727. The predicted octanol–water partition coefficient (Wildman–Crippen LogP) is 3.16. The fourth-order valence-corrected chi connectivity index (χ4v) is 2.99. The van der Waals surface area contributed by atoms with Crippen molar-refractivity contribution in [2.24, 2.45) is 0 Å². The van der Waals surface area contributed by atoms with Crippen molar-refractivity contribution >= 4 is 22.6 Å². The van der Waals surface area contributed by atoms with E-state index in [1.54, 1.807) is 18.3 Å². The lowest BCUT2D eigenvalue weighted by Crippen LogP contribution is -2.26. The number of anilines is 1. The monoisotopic (exact) mass is 336 g/mol. The highest BCUT2D eigenvalue weighted by Gasteiger charge is 2.09. The molecule has 3 rings (SSSR count). The Morgan fingerprint density at radius 3 is 2.84 bits per heavy atom. The summed E-state index contributed by atoms with van der Waals surface area (Å²) >= 11 is 0. The van der Waals surface area contributed by atoms with Crippen LogP contribution in [-0.4, -0.2) is 36.5 Å². The number of aryl methyl sites for hydroxylation is 1. The number of nitrogens with one attached hydrogen (secondary N) is 2. The molecule has 0 saturated heterocycles. The summed E-state index contributed by atoms with van der Waals surface area (Å²) in [4.78, 5) is 21.8. The first-order valence-corrected chi connectivity index (χ1v) is 8.59. The lowest BCUT2D eigenvalue weighted by Gasteiger charge is -2.12. The summed E-state index contributed by atoms with van der Waals surface area (Å²) in [5.74, 6) is 0.705. The number of rotatable bonds is 6. The summed E-state index contributed by atoms with van der Waals surface area (Å²) in [6, 6.07) is 9.91. The van der Waals surface area contributed by atoms with Gasteiger partial charge in [0.05, 0.1) is 0 Å². The zero-order chi connectivity index (χ0) is 17.8. The lowest BCUT2D eigenvalue weighted by molar-refractivity contribution is 0.0954. The summed E-state index contributed by atoms with van der Waals surface area (Å²) in [5.41, 5.74) is 4.39. The molecule has 0 aliphatic carbocycles. The Morgan fingerprint density at radius 1 is 1.24 bits per heavy atom. The Kier molecular flexibility index (Phi) is 5.03. The van der Waals surface area contributed by atoms with Gasteiger partial charge < -0.3 is 15.2 Å². The molecule has 0 bridgehead atoms. The molecule has 0 radical (unpaired) electrons. The molecule has 5 nitrogen and oxygen atoms in total. The number of H-pyrrole nitrogens is 1. The Morgan fingerprint density at radius 2 is 2.08 bits per heavy atom. The van der Waals surface area contributed by atoms with Crippen LogP contribution in [-0.2, 0) is 12.8 Å². The normalized spacial score (nSPS) is 10.8. The van der Waals surface area contributed by atoms with E-state index >= 15 is 0 Å². The number of nitrogens with zero attached hydrogens (tertiary/aromatic N) is 2. The van der Waals surface area contributed by atoms with E-state index < -0.39 is 0 Å². The Hall–Kier alpha value is -2.82. The largest absolute Gasteiger partial charge is 0.363 e. The van der Waals surface area contributed by atoms with Crippen LogP contribution in [0.3, 0.4) is 0 Å². The van der Waals surface area contributed by atoms with Crippen molar-refractivity contribution in [2.75, 3.05) is 25.5 Å². The minimum absolute atomic E-state index is 0.0698. The highest BCUT2D eigenvalue weighted by atomic mass is 16.1. The second-order valence-corrected chi connectivity index (χ2v) is 6.31. The van der Waals surface area contributed by atoms with Crippen LogP contribution in [0.2, 0.25) is 0 Å². The molecule has 2 aromatic heterocycles. The molecule has 2 heterocycles. The van der Waals surface area contributed by atoms with Crippen LogP contribution in [0.1, 0.15) is 28.4 Å². The fraction of sp³-hybridized carbons (Fsp3) is 0.300. The summed E-state index contributed by atoms with van der Waals surface area (Å²) in [5, 5.41) is 4.24. The first-order valence-electron chi connectivity index (χ1n) is 8.59. The molecular formula is C20H24N4O. The average molecular weight is 336 g/mol. The summed E-state index contributed by atoms with van der Waals surface area (Å²) in [6.07, 6.45) is 5.51. The highest BCUT2D eigenvalue weighted by molar-refractivity contribution is 5.94. The molecule has 0 atom stereocenters. The molecule has 0 aliphatic rings. The van der Waals surface area contributed by atoms with Gasteiger partial charge in [-0.05, 0) is 36.1 Å². The maximum Gasteiger partial charge on any atom is 0.251 e. The molecule has 5 heteroatoms. The van der Waals surface area contributed by atoms with Gasteiger partial charge in [-0.25, -0.2) is 4.98 Å². The van der Waals surface area contributed by atoms with Gasteiger partial charge in [-0.1, -0.05) is 25.1 Å². The van der Waals surface area contributed by atoms with Crippen LogP contribution in [0.5, 0.6) is 0 Å². The third-order valence-electron chi connectivity index (χ3n) is 4.41. The van der Waals surface area contributed by atoms with Gasteiger partial charge in [0.25, 0.3) is 5.91 Å². The number of hydrogen-bond acceptors (Lipinski definition) is 3. The third-order valence-corrected chi connectivity index (χ3v) is 4.41. The third kappa shape index (κ3) is 3.65. The zero-order valence-electron chi connectivity index (χ0n) is 15.0. The SMILES string of the molecule is CCc1cccc2c(CCNC(=O)c3ccnc(N(C)C)c3)c[nH]c12. The minimum atomic E-state index is -0.0698. The minimum Gasteiger partial charge on any atom is -0.363 e. The lowest BCUT2D eigenvalue weighted by atomic mass is 10.1. The molecule has 25 heavy (non-hydrogen) atoms. The fourth-order valence-electron chi connectivity index (χ4n) is 2.99. The van der Waals surface area contributed by atoms with E-state index in [2.05, 4.69) is 40.4 Å². The van der Waals surface area contributed by atoms with Crippen LogP contribution in [0.25, 0.3) is 10.9 Å². The number of aromatic nitrogens is 2.